The fraction of sp³-hybridized carbons (Fsp3) is 0.556. The molecular formula is C27H41N5O3. The van der Waals surface area contributed by atoms with Crippen molar-refractivity contribution in [2.75, 3.05) is 33.7 Å². The van der Waals surface area contributed by atoms with Crippen molar-refractivity contribution in [1.82, 2.24) is 14.7 Å². The zero-order valence-corrected chi connectivity index (χ0v) is 22.1. The summed E-state index contributed by atoms with van der Waals surface area (Å²) in [5.74, 6) is -0.323. The van der Waals surface area contributed by atoms with E-state index in [1.54, 1.807) is 13.1 Å². The number of benzene rings is 1. The fourth-order valence-electron chi connectivity index (χ4n) is 4.71. The average Bonchev–Trinajstić information content (AvgIpc) is 3.35. The van der Waals surface area contributed by atoms with Crippen molar-refractivity contribution >= 4 is 23.5 Å². The van der Waals surface area contributed by atoms with Gasteiger partial charge in [0.1, 0.15) is 0 Å². The van der Waals surface area contributed by atoms with Crippen LogP contribution in [0.15, 0.2) is 47.1 Å². The molecule has 0 aromatic heterocycles. The first-order valence-corrected chi connectivity index (χ1v) is 12.7. The number of non-ortho nitro benzene ring substituents is 1. The van der Waals surface area contributed by atoms with Crippen molar-refractivity contribution < 1.29 is 9.72 Å². The van der Waals surface area contributed by atoms with Crippen LogP contribution in [0.25, 0.3) is 0 Å². The van der Waals surface area contributed by atoms with Crippen LogP contribution in [0.3, 0.4) is 0 Å². The van der Waals surface area contributed by atoms with Crippen LogP contribution < -0.4 is 0 Å². The SMILES string of the molecule is C/C=C\C(=C/C)N(C)C(=O)c1cc([N+](=O)[O-])ccc1N=CC1CCCN1C1CCN(C)CC1.CC. The number of nitro groups is 1. The maximum absolute atomic E-state index is 13.3. The summed E-state index contributed by atoms with van der Waals surface area (Å²) in [5, 5.41) is 11.4. The first-order chi connectivity index (χ1) is 16.8. The molecule has 1 amide bonds. The predicted octanol–water partition coefficient (Wildman–Crippen LogP) is 5.43. The first kappa shape index (κ1) is 28.4. The molecule has 1 aromatic carbocycles. The van der Waals surface area contributed by atoms with E-state index in [1.165, 1.54) is 17.0 Å². The Kier molecular flexibility index (Phi) is 11.3. The molecule has 2 aliphatic rings. The highest BCUT2D eigenvalue weighted by molar-refractivity contribution is 6.01. The van der Waals surface area contributed by atoms with Crippen molar-refractivity contribution in [1.29, 1.82) is 0 Å². The van der Waals surface area contributed by atoms with Gasteiger partial charge in [-0.15, -0.1) is 0 Å². The lowest BCUT2D eigenvalue weighted by molar-refractivity contribution is -0.384. The number of allylic oxidation sites excluding steroid dienone is 3. The van der Waals surface area contributed by atoms with Gasteiger partial charge in [0.15, 0.2) is 0 Å². The Labute approximate surface area is 210 Å². The highest BCUT2D eigenvalue weighted by Gasteiger charge is 2.31. The van der Waals surface area contributed by atoms with E-state index in [1.807, 2.05) is 52.1 Å². The quantitative estimate of drug-likeness (QED) is 0.223. The van der Waals surface area contributed by atoms with Gasteiger partial charge >= 0.3 is 0 Å². The monoisotopic (exact) mass is 483 g/mol. The Balaban J connectivity index is 0.00000210. The van der Waals surface area contributed by atoms with Gasteiger partial charge in [-0.05, 0) is 78.4 Å². The standard InChI is InChI=1S/C25H35N5O3.C2H6/c1-5-8-19(6-2)28(4)25(31)23-17-21(30(32)33)10-11-24(23)26-18-22-9-7-14-29(22)20-12-15-27(3)16-13-20;1-2/h5-6,8,10-11,17-18,20,22H,7,9,12-16H2,1-4H3;1-2H3/b8-5-,19-6+,26-18?;. The van der Waals surface area contributed by atoms with E-state index < -0.39 is 4.92 Å². The molecule has 0 N–H and O–H groups in total. The second-order valence-corrected chi connectivity index (χ2v) is 8.80. The van der Waals surface area contributed by atoms with Crippen LogP contribution in [0, 0.1) is 10.1 Å². The molecule has 2 heterocycles. The van der Waals surface area contributed by atoms with Gasteiger partial charge in [-0.2, -0.15) is 0 Å². The number of carbonyl (C=O) groups excluding carboxylic acids is 1. The third kappa shape index (κ3) is 7.32. The van der Waals surface area contributed by atoms with Crippen molar-refractivity contribution in [3.63, 3.8) is 0 Å². The molecule has 8 heteroatoms. The summed E-state index contributed by atoms with van der Waals surface area (Å²) >= 11 is 0. The number of rotatable bonds is 7. The van der Waals surface area contributed by atoms with Crippen LogP contribution in [-0.4, -0.2) is 77.6 Å². The lowest BCUT2D eigenvalue weighted by atomic mass is 10.0. The molecular weight excluding hydrogens is 442 g/mol. The number of aliphatic imine (C=N–C) groups is 1. The normalized spacial score (nSPS) is 20.3. The molecule has 2 fully saturated rings. The Morgan fingerprint density at radius 1 is 1.17 bits per heavy atom. The van der Waals surface area contributed by atoms with Gasteiger partial charge in [0, 0.05) is 43.2 Å². The Hall–Kier alpha value is -2.84. The maximum atomic E-state index is 13.3. The number of nitro benzene ring substituents is 1. The molecule has 3 rings (SSSR count). The van der Waals surface area contributed by atoms with Crippen molar-refractivity contribution in [2.45, 2.75) is 65.5 Å². The van der Waals surface area contributed by atoms with Crippen LogP contribution in [-0.2, 0) is 0 Å². The summed E-state index contributed by atoms with van der Waals surface area (Å²) in [6.07, 6.45) is 11.9. The molecule has 0 saturated carbocycles. The molecule has 0 radical (unpaired) electrons. The summed E-state index contributed by atoms with van der Waals surface area (Å²) in [5.41, 5.74) is 1.29. The highest BCUT2D eigenvalue weighted by atomic mass is 16.6. The third-order valence-corrected chi connectivity index (χ3v) is 6.63. The van der Waals surface area contributed by atoms with E-state index in [2.05, 4.69) is 16.8 Å². The minimum atomic E-state index is -0.481. The van der Waals surface area contributed by atoms with E-state index in [0.717, 1.165) is 45.3 Å². The van der Waals surface area contributed by atoms with Gasteiger partial charge in [0.25, 0.3) is 11.6 Å². The number of likely N-dealkylation sites (N-methyl/N-ethyl adjacent to an activating group) is 1. The number of hydrogen-bond donors (Lipinski definition) is 0. The van der Waals surface area contributed by atoms with Gasteiger partial charge in [0.2, 0.25) is 0 Å². The summed E-state index contributed by atoms with van der Waals surface area (Å²) in [6, 6.07) is 5.11. The van der Waals surface area contributed by atoms with E-state index >= 15 is 0 Å². The molecule has 0 bridgehead atoms. The average molecular weight is 484 g/mol. The Bertz CT molecular complexity index is 948. The van der Waals surface area contributed by atoms with Crippen LogP contribution in [0.2, 0.25) is 0 Å². The smallest absolute Gasteiger partial charge is 0.270 e. The minimum absolute atomic E-state index is 0.118. The molecule has 2 saturated heterocycles. The molecule has 1 aromatic rings. The van der Waals surface area contributed by atoms with Crippen LogP contribution in [0.1, 0.15) is 63.7 Å². The summed E-state index contributed by atoms with van der Waals surface area (Å²) in [6.45, 7) is 11.0. The lowest BCUT2D eigenvalue weighted by Crippen LogP contribution is -2.46. The highest BCUT2D eigenvalue weighted by Crippen LogP contribution is 2.29. The van der Waals surface area contributed by atoms with Gasteiger partial charge in [-0.3, -0.25) is 24.8 Å². The lowest BCUT2D eigenvalue weighted by Gasteiger charge is -2.37. The van der Waals surface area contributed by atoms with Gasteiger partial charge in [-0.1, -0.05) is 26.0 Å². The summed E-state index contributed by atoms with van der Waals surface area (Å²) < 4.78 is 0. The second kappa shape index (κ2) is 13.9. The van der Waals surface area contributed by atoms with Crippen molar-refractivity contribution in [3.8, 4) is 0 Å². The third-order valence-electron chi connectivity index (χ3n) is 6.63. The summed E-state index contributed by atoms with van der Waals surface area (Å²) in [7, 11) is 3.83. The molecule has 2 aliphatic heterocycles. The number of hydrogen-bond acceptors (Lipinski definition) is 6. The molecule has 35 heavy (non-hydrogen) atoms. The Morgan fingerprint density at radius 3 is 2.46 bits per heavy atom. The van der Waals surface area contributed by atoms with Gasteiger partial charge < -0.3 is 9.80 Å². The molecule has 1 atom stereocenters. The molecule has 192 valence electrons. The predicted molar refractivity (Wildman–Crippen MR) is 144 cm³/mol. The number of piperidine rings is 1. The second-order valence-electron chi connectivity index (χ2n) is 8.80. The Morgan fingerprint density at radius 2 is 1.86 bits per heavy atom. The van der Waals surface area contributed by atoms with Crippen LogP contribution in [0.5, 0.6) is 0 Å². The van der Waals surface area contributed by atoms with Crippen molar-refractivity contribution in [2.24, 2.45) is 4.99 Å². The summed E-state index contributed by atoms with van der Waals surface area (Å²) in [4.78, 5) is 35.3. The number of carbonyl (C=O) groups is 1. The number of amides is 1. The largest absolute Gasteiger partial charge is 0.312 e. The van der Waals surface area contributed by atoms with E-state index in [0.29, 0.717) is 17.4 Å². The molecule has 0 spiro atoms. The number of nitrogens with zero attached hydrogens (tertiary/aromatic N) is 5. The fourth-order valence-corrected chi connectivity index (χ4v) is 4.71. The topological polar surface area (TPSA) is 82.3 Å². The molecule has 1 unspecified atom stereocenters. The van der Waals surface area contributed by atoms with Gasteiger partial charge in [-0.25, -0.2) is 0 Å². The van der Waals surface area contributed by atoms with E-state index in [-0.39, 0.29) is 23.2 Å². The van der Waals surface area contributed by atoms with Crippen LogP contribution >= 0.6 is 0 Å². The minimum Gasteiger partial charge on any atom is -0.312 e. The maximum Gasteiger partial charge on any atom is 0.270 e. The molecule has 0 aliphatic carbocycles. The first-order valence-electron chi connectivity index (χ1n) is 12.7. The van der Waals surface area contributed by atoms with E-state index in [9.17, 15) is 14.9 Å². The zero-order valence-electron chi connectivity index (χ0n) is 22.1. The van der Waals surface area contributed by atoms with E-state index in [4.69, 9.17) is 4.99 Å². The van der Waals surface area contributed by atoms with Gasteiger partial charge in [0.05, 0.1) is 16.2 Å². The van der Waals surface area contributed by atoms with Crippen molar-refractivity contribution in [3.05, 3.63) is 57.8 Å². The number of likely N-dealkylation sites (tertiary alicyclic amines) is 2. The zero-order chi connectivity index (χ0) is 26.0. The molecule has 8 nitrogen and oxygen atoms in total. The van der Waals surface area contributed by atoms with Crippen LogP contribution in [0.4, 0.5) is 11.4 Å².